The largest absolute Gasteiger partial charge is 0.435 e. The highest BCUT2D eigenvalue weighted by atomic mass is 35.5. The summed E-state index contributed by atoms with van der Waals surface area (Å²) in [6.07, 6.45) is 1.91. The molecular formula is C14H19ClF2N2O2. The third-order valence-electron chi connectivity index (χ3n) is 3.28. The zero-order chi connectivity index (χ0) is 14.4. The quantitative estimate of drug-likeness (QED) is 0.875. The summed E-state index contributed by atoms with van der Waals surface area (Å²) in [5.41, 5.74) is 0.851. The van der Waals surface area contributed by atoms with Crippen molar-refractivity contribution in [2.45, 2.75) is 26.0 Å². The number of nitrogens with one attached hydrogen (secondary N) is 2. The predicted octanol–water partition coefficient (Wildman–Crippen LogP) is 2.33. The van der Waals surface area contributed by atoms with E-state index in [0.717, 1.165) is 24.9 Å². The van der Waals surface area contributed by atoms with Crippen LogP contribution >= 0.6 is 12.4 Å². The first-order valence-electron chi connectivity index (χ1n) is 6.67. The van der Waals surface area contributed by atoms with Gasteiger partial charge in [0.15, 0.2) is 0 Å². The molecule has 0 aliphatic carbocycles. The van der Waals surface area contributed by atoms with Crippen LogP contribution in [0, 0.1) is 5.92 Å². The molecule has 7 heteroatoms. The first kappa shape index (κ1) is 17.7. The summed E-state index contributed by atoms with van der Waals surface area (Å²) in [6.45, 7) is -0.744. The molecule has 2 N–H and O–H groups in total. The van der Waals surface area contributed by atoms with Crippen molar-refractivity contribution in [3.05, 3.63) is 29.8 Å². The Morgan fingerprint density at radius 1 is 1.38 bits per heavy atom. The van der Waals surface area contributed by atoms with Gasteiger partial charge in [0.2, 0.25) is 5.91 Å². The maximum Gasteiger partial charge on any atom is 0.387 e. The molecule has 1 aliphatic heterocycles. The lowest BCUT2D eigenvalue weighted by Crippen LogP contribution is -2.40. The summed E-state index contributed by atoms with van der Waals surface area (Å²) in [5, 5.41) is 6.05. The van der Waals surface area contributed by atoms with Crippen LogP contribution in [0.4, 0.5) is 8.78 Å². The first-order valence-corrected chi connectivity index (χ1v) is 6.67. The van der Waals surface area contributed by atoms with Gasteiger partial charge in [-0.25, -0.2) is 0 Å². The molecule has 1 saturated heterocycles. The average molecular weight is 321 g/mol. The van der Waals surface area contributed by atoms with Gasteiger partial charge in [0.05, 0.1) is 5.92 Å². The zero-order valence-corrected chi connectivity index (χ0v) is 12.3. The fraction of sp³-hybridized carbons (Fsp3) is 0.500. The van der Waals surface area contributed by atoms with Gasteiger partial charge in [-0.2, -0.15) is 8.78 Å². The van der Waals surface area contributed by atoms with Crippen molar-refractivity contribution >= 4 is 18.3 Å². The van der Waals surface area contributed by atoms with E-state index in [2.05, 4.69) is 15.4 Å². The molecule has 1 heterocycles. The highest BCUT2D eigenvalue weighted by Gasteiger charge is 2.20. The molecule has 4 nitrogen and oxygen atoms in total. The Morgan fingerprint density at radius 2 is 2.10 bits per heavy atom. The molecule has 1 unspecified atom stereocenters. The fourth-order valence-corrected chi connectivity index (χ4v) is 2.20. The maximum absolute atomic E-state index is 12.0. The van der Waals surface area contributed by atoms with Crippen LogP contribution < -0.4 is 15.4 Å². The van der Waals surface area contributed by atoms with Crippen LogP contribution in [-0.2, 0) is 11.3 Å². The van der Waals surface area contributed by atoms with Crippen molar-refractivity contribution in [3.8, 4) is 5.75 Å². The molecule has 21 heavy (non-hydrogen) atoms. The highest BCUT2D eigenvalue weighted by Crippen LogP contribution is 2.15. The van der Waals surface area contributed by atoms with Crippen LogP contribution in [0.3, 0.4) is 0 Å². The average Bonchev–Trinajstić information content (AvgIpc) is 2.46. The minimum atomic E-state index is -2.82. The van der Waals surface area contributed by atoms with Crippen molar-refractivity contribution in [2.24, 2.45) is 5.92 Å². The van der Waals surface area contributed by atoms with Crippen molar-refractivity contribution < 1.29 is 18.3 Å². The van der Waals surface area contributed by atoms with Crippen molar-refractivity contribution in [2.75, 3.05) is 13.1 Å². The molecule has 1 amide bonds. The van der Waals surface area contributed by atoms with Crippen LogP contribution in [-0.4, -0.2) is 25.6 Å². The number of carbonyl (C=O) groups excluding carboxylic acids is 1. The van der Waals surface area contributed by atoms with Crippen molar-refractivity contribution in [3.63, 3.8) is 0 Å². The van der Waals surface area contributed by atoms with E-state index >= 15 is 0 Å². The van der Waals surface area contributed by atoms with E-state index < -0.39 is 6.61 Å². The van der Waals surface area contributed by atoms with Crippen LogP contribution in [0.1, 0.15) is 18.4 Å². The third kappa shape index (κ3) is 5.85. The van der Waals surface area contributed by atoms with E-state index in [9.17, 15) is 13.6 Å². The van der Waals surface area contributed by atoms with Gasteiger partial charge in [0.1, 0.15) is 5.75 Å². The second-order valence-corrected chi connectivity index (χ2v) is 4.78. The van der Waals surface area contributed by atoms with Gasteiger partial charge in [-0.3, -0.25) is 4.79 Å². The SMILES string of the molecule is Cl.O=C(NCc1ccc(OC(F)F)cc1)C1CCCNC1. The van der Waals surface area contributed by atoms with Gasteiger partial charge in [-0.1, -0.05) is 12.1 Å². The van der Waals surface area contributed by atoms with E-state index in [1.54, 1.807) is 12.1 Å². The smallest absolute Gasteiger partial charge is 0.387 e. The Bertz CT molecular complexity index is 437. The minimum absolute atomic E-state index is 0. The number of carbonyl (C=O) groups is 1. The van der Waals surface area contributed by atoms with E-state index in [4.69, 9.17) is 0 Å². The molecule has 2 rings (SSSR count). The van der Waals surface area contributed by atoms with Gasteiger partial charge < -0.3 is 15.4 Å². The molecule has 1 fully saturated rings. The van der Waals surface area contributed by atoms with Gasteiger partial charge in [-0.15, -0.1) is 12.4 Å². The number of rotatable bonds is 5. The van der Waals surface area contributed by atoms with E-state index in [1.165, 1.54) is 12.1 Å². The van der Waals surface area contributed by atoms with Crippen LogP contribution in [0.2, 0.25) is 0 Å². The standard InChI is InChI=1S/C14H18F2N2O2.ClH/c15-14(16)20-12-5-3-10(4-6-12)8-18-13(19)11-2-1-7-17-9-11;/h3-6,11,14,17H,1-2,7-9H2,(H,18,19);1H. The van der Waals surface area contributed by atoms with Crippen LogP contribution in [0.15, 0.2) is 24.3 Å². The zero-order valence-electron chi connectivity index (χ0n) is 11.5. The normalized spacial score (nSPS) is 18.0. The van der Waals surface area contributed by atoms with Gasteiger partial charge in [-0.05, 0) is 37.1 Å². The van der Waals surface area contributed by atoms with Crippen molar-refractivity contribution in [1.82, 2.24) is 10.6 Å². The van der Waals surface area contributed by atoms with Crippen molar-refractivity contribution in [1.29, 1.82) is 0 Å². The Labute approximate surface area is 128 Å². The van der Waals surface area contributed by atoms with E-state index in [1.807, 2.05) is 0 Å². The van der Waals surface area contributed by atoms with Gasteiger partial charge in [0, 0.05) is 13.1 Å². The topological polar surface area (TPSA) is 50.4 Å². The monoisotopic (exact) mass is 320 g/mol. The molecule has 0 saturated carbocycles. The molecule has 1 aromatic rings. The summed E-state index contributed by atoms with van der Waals surface area (Å²) in [6, 6.07) is 6.26. The predicted molar refractivity (Wildman–Crippen MR) is 77.8 cm³/mol. The number of benzene rings is 1. The van der Waals surface area contributed by atoms with Crippen LogP contribution in [0.5, 0.6) is 5.75 Å². The Kier molecular flexibility index (Phi) is 7.39. The molecular weight excluding hydrogens is 302 g/mol. The highest BCUT2D eigenvalue weighted by molar-refractivity contribution is 5.85. The number of alkyl halides is 2. The molecule has 1 aliphatic rings. The second kappa shape index (κ2) is 8.79. The number of piperidine rings is 1. The summed E-state index contributed by atoms with van der Waals surface area (Å²) in [5.74, 6) is 0.168. The summed E-state index contributed by atoms with van der Waals surface area (Å²) < 4.78 is 28.3. The lowest BCUT2D eigenvalue weighted by atomic mass is 9.99. The number of hydrogen-bond acceptors (Lipinski definition) is 3. The minimum Gasteiger partial charge on any atom is -0.435 e. The molecule has 0 aromatic heterocycles. The molecule has 1 atom stereocenters. The summed E-state index contributed by atoms with van der Waals surface area (Å²) >= 11 is 0. The van der Waals surface area contributed by atoms with E-state index in [0.29, 0.717) is 13.1 Å². The molecule has 1 aromatic carbocycles. The summed E-state index contributed by atoms with van der Waals surface area (Å²) in [4.78, 5) is 11.9. The first-order chi connectivity index (χ1) is 9.65. The molecule has 0 spiro atoms. The molecule has 0 radical (unpaired) electrons. The number of amides is 1. The van der Waals surface area contributed by atoms with E-state index in [-0.39, 0.29) is 30.0 Å². The lowest BCUT2D eigenvalue weighted by molar-refractivity contribution is -0.125. The van der Waals surface area contributed by atoms with Crippen LogP contribution in [0.25, 0.3) is 0 Å². The summed E-state index contributed by atoms with van der Waals surface area (Å²) in [7, 11) is 0. The Hall–Kier alpha value is -1.40. The fourth-order valence-electron chi connectivity index (χ4n) is 2.20. The van der Waals surface area contributed by atoms with Gasteiger partial charge in [0.25, 0.3) is 0 Å². The lowest BCUT2D eigenvalue weighted by Gasteiger charge is -2.21. The maximum atomic E-state index is 12.0. The molecule has 118 valence electrons. The number of halogens is 3. The van der Waals surface area contributed by atoms with Gasteiger partial charge >= 0.3 is 6.61 Å². The molecule has 0 bridgehead atoms. The Balaban J connectivity index is 0.00000220. The number of ether oxygens (including phenoxy) is 1. The second-order valence-electron chi connectivity index (χ2n) is 4.78. The number of hydrogen-bond donors (Lipinski definition) is 2. The Morgan fingerprint density at radius 3 is 2.67 bits per heavy atom. The third-order valence-corrected chi connectivity index (χ3v) is 3.28.